The van der Waals surface area contributed by atoms with E-state index < -0.39 is 0 Å². The maximum atomic E-state index is 6.43. The highest BCUT2D eigenvalue weighted by Gasteiger charge is 2.21. The Kier molecular flexibility index (Phi) is 6.65. The van der Waals surface area contributed by atoms with E-state index in [4.69, 9.17) is 30.5 Å². The van der Waals surface area contributed by atoms with Gasteiger partial charge >= 0.3 is 0 Å². The number of methoxy groups -OCH3 is 1. The van der Waals surface area contributed by atoms with Crippen LogP contribution in [0.3, 0.4) is 0 Å². The second-order valence-electron chi connectivity index (χ2n) is 7.89. The van der Waals surface area contributed by atoms with Gasteiger partial charge in [0.1, 0.15) is 42.1 Å². The van der Waals surface area contributed by atoms with Gasteiger partial charge in [0.15, 0.2) is 0 Å². The minimum absolute atomic E-state index is 0.0546. The predicted molar refractivity (Wildman–Crippen MR) is 131 cm³/mol. The van der Waals surface area contributed by atoms with Crippen LogP contribution in [0.15, 0.2) is 67.0 Å². The fraction of sp³-hybridized carbons (Fsp3) is 0.231. The number of halogens is 1. The molecule has 7 nitrogen and oxygen atoms in total. The first-order valence-corrected chi connectivity index (χ1v) is 11.4. The van der Waals surface area contributed by atoms with Crippen LogP contribution in [-0.2, 0) is 11.3 Å². The number of benzene rings is 3. The van der Waals surface area contributed by atoms with Gasteiger partial charge in [-0.05, 0) is 17.7 Å². The van der Waals surface area contributed by atoms with Crippen LogP contribution in [0.1, 0.15) is 12.0 Å². The molecule has 1 aromatic heterocycles. The zero-order valence-electron chi connectivity index (χ0n) is 18.7. The van der Waals surface area contributed by atoms with E-state index in [1.54, 1.807) is 19.2 Å². The fourth-order valence-electron chi connectivity index (χ4n) is 3.78. The number of fused-ring (bicyclic) bond motifs is 1. The standard InChI is InChI=1S/C26H24ClN3O4/c1-31-18-7-8-21(27)22(11-18)30-26-25-23(28-16-29-26)12-20(33-14-17-5-3-2-4-6-17)13-24(25)34-19-9-10-32-15-19/h2-8,11-13,16,19H,9-10,14-15H2,1H3,(H,28,29,30). The molecule has 34 heavy (non-hydrogen) atoms. The lowest BCUT2D eigenvalue weighted by molar-refractivity contribution is 0.142. The van der Waals surface area contributed by atoms with Gasteiger partial charge in [-0.25, -0.2) is 9.97 Å². The Hall–Kier alpha value is -3.55. The van der Waals surface area contributed by atoms with Gasteiger partial charge in [0.2, 0.25) is 0 Å². The van der Waals surface area contributed by atoms with Crippen LogP contribution in [0.25, 0.3) is 10.9 Å². The van der Waals surface area contributed by atoms with Crippen LogP contribution in [0, 0.1) is 0 Å². The van der Waals surface area contributed by atoms with Gasteiger partial charge in [-0.1, -0.05) is 41.9 Å². The van der Waals surface area contributed by atoms with E-state index in [0.29, 0.717) is 59.1 Å². The van der Waals surface area contributed by atoms with Crippen molar-refractivity contribution in [3.63, 3.8) is 0 Å². The summed E-state index contributed by atoms with van der Waals surface area (Å²) < 4.78 is 23.3. The summed E-state index contributed by atoms with van der Waals surface area (Å²) in [5, 5.41) is 4.60. The molecule has 3 aromatic carbocycles. The first-order valence-electron chi connectivity index (χ1n) is 11.0. The van der Waals surface area contributed by atoms with Crippen molar-refractivity contribution >= 4 is 34.0 Å². The Morgan fingerprint density at radius 3 is 2.74 bits per heavy atom. The van der Waals surface area contributed by atoms with Crippen molar-refractivity contribution in [1.82, 2.24) is 9.97 Å². The lowest BCUT2D eigenvalue weighted by atomic mass is 10.1. The molecule has 1 aliphatic heterocycles. The van der Waals surface area contributed by atoms with Crippen molar-refractivity contribution in [3.05, 3.63) is 77.6 Å². The van der Waals surface area contributed by atoms with Crippen LogP contribution in [0.5, 0.6) is 17.2 Å². The summed E-state index contributed by atoms with van der Waals surface area (Å²) in [5.41, 5.74) is 2.43. The normalized spacial score (nSPS) is 15.3. The number of rotatable bonds is 8. The van der Waals surface area contributed by atoms with Gasteiger partial charge in [0, 0.05) is 24.6 Å². The molecular formula is C26H24ClN3O4. The lowest BCUT2D eigenvalue weighted by Crippen LogP contribution is -2.16. The lowest BCUT2D eigenvalue weighted by Gasteiger charge is -2.18. The summed E-state index contributed by atoms with van der Waals surface area (Å²) in [7, 11) is 1.61. The number of hydrogen-bond acceptors (Lipinski definition) is 7. The summed E-state index contributed by atoms with van der Waals surface area (Å²) in [6, 6.07) is 19.2. The molecule has 0 spiro atoms. The predicted octanol–water partition coefficient (Wildman–Crippen LogP) is 5.78. The van der Waals surface area contributed by atoms with Crippen LogP contribution < -0.4 is 19.5 Å². The van der Waals surface area contributed by atoms with Crippen LogP contribution in [-0.4, -0.2) is 36.4 Å². The Bertz CT molecular complexity index is 1280. The monoisotopic (exact) mass is 477 g/mol. The molecule has 0 bridgehead atoms. The van der Waals surface area contributed by atoms with Crippen molar-refractivity contribution in [3.8, 4) is 17.2 Å². The summed E-state index contributed by atoms with van der Waals surface area (Å²) in [4.78, 5) is 8.97. The molecule has 8 heteroatoms. The van der Waals surface area contributed by atoms with Crippen molar-refractivity contribution in [2.45, 2.75) is 19.1 Å². The van der Waals surface area contributed by atoms with E-state index >= 15 is 0 Å². The molecule has 1 aliphatic rings. The smallest absolute Gasteiger partial charge is 0.145 e. The SMILES string of the molecule is COc1ccc(Cl)c(Nc2ncnc3cc(OCc4ccccc4)cc(OC4CCOC4)c23)c1. The molecule has 2 heterocycles. The Morgan fingerprint density at radius 2 is 1.94 bits per heavy atom. The molecule has 0 saturated carbocycles. The van der Waals surface area contributed by atoms with Gasteiger partial charge in [0.05, 0.1) is 41.9 Å². The zero-order valence-corrected chi connectivity index (χ0v) is 19.4. The van der Waals surface area contributed by atoms with Gasteiger partial charge in [-0.3, -0.25) is 0 Å². The van der Waals surface area contributed by atoms with E-state index in [1.165, 1.54) is 6.33 Å². The number of hydrogen-bond donors (Lipinski definition) is 1. The topological polar surface area (TPSA) is 74.7 Å². The van der Waals surface area contributed by atoms with Gasteiger partial charge in [-0.2, -0.15) is 0 Å². The summed E-state index contributed by atoms with van der Waals surface area (Å²) in [5.74, 6) is 2.54. The minimum Gasteiger partial charge on any atom is -0.497 e. The van der Waals surface area contributed by atoms with Gasteiger partial charge in [-0.15, -0.1) is 0 Å². The highest BCUT2D eigenvalue weighted by Crippen LogP contribution is 2.38. The molecule has 0 radical (unpaired) electrons. The molecule has 0 amide bonds. The van der Waals surface area contributed by atoms with Gasteiger partial charge < -0.3 is 24.3 Å². The molecule has 1 atom stereocenters. The number of anilines is 2. The maximum absolute atomic E-state index is 6.43. The molecule has 4 aromatic rings. The van der Waals surface area contributed by atoms with E-state index in [0.717, 1.165) is 17.4 Å². The molecule has 0 aliphatic carbocycles. The third kappa shape index (κ3) is 5.00. The Labute approximate surface area is 202 Å². The van der Waals surface area contributed by atoms with Crippen LogP contribution in [0.4, 0.5) is 11.5 Å². The second-order valence-corrected chi connectivity index (χ2v) is 8.29. The zero-order chi connectivity index (χ0) is 23.3. The van der Waals surface area contributed by atoms with E-state index in [-0.39, 0.29) is 6.10 Å². The number of nitrogens with one attached hydrogen (secondary N) is 1. The first kappa shape index (κ1) is 22.3. The third-order valence-electron chi connectivity index (χ3n) is 5.53. The van der Waals surface area contributed by atoms with Gasteiger partial charge in [0.25, 0.3) is 0 Å². The number of ether oxygens (including phenoxy) is 4. The Morgan fingerprint density at radius 1 is 1.06 bits per heavy atom. The molecule has 174 valence electrons. The van der Waals surface area contributed by atoms with E-state index in [2.05, 4.69) is 15.3 Å². The molecule has 1 N–H and O–H groups in total. The van der Waals surface area contributed by atoms with Crippen LogP contribution >= 0.6 is 11.6 Å². The quantitative estimate of drug-likeness (QED) is 0.344. The van der Waals surface area contributed by atoms with Crippen molar-refractivity contribution in [2.24, 2.45) is 0 Å². The molecule has 5 rings (SSSR count). The summed E-state index contributed by atoms with van der Waals surface area (Å²) in [6.45, 7) is 1.65. The van der Waals surface area contributed by atoms with Crippen LogP contribution in [0.2, 0.25) is 5.02 Å². The van der Waals surface area contributed by atoms with E-state index in [9.17, 15) is 0 Å². The van der Waals surface area contributed by atoms with Crippen molar-refractivity contribution in [2.75, 3.05) is 25.6 Å². The molecule has 1 unspecified atom stereocenters. The highest BCUT2D eigenvalue weighted by molar-refractivity contribution is 6.33. The minimum atomic E-state index is -0.0546. The van der Waals surface area contributed by atoms with Crippen molar-refractivity contribution in [1.29, 1.82) is 0 Å². The molecule has 1 saturated heterocycles. The maximum Gasteiger partial charge on any atom is 0.145 e. The second kappa shape index (κ2) is 10.2. The molecule has 1 fully saturated rings. The number of aromatic nitrogens is 2. The fourth-order valence-corrected chi connectivity index (χ4v) is 3.95. The Balaban J connectivity index is 1.52. The average Bonchev–Trinajstić information content (AvgIpc) is 3.38. The molecular weight excluding hydrogens is 454 g/mol. The number of nitrogens with zero attached hydrogens (tertiary/aromatic N) is 2. The van der Waals surface area contributed by atoms with E-state index in [1.807, 2.05) is 48.5 Å². The third-order valence-corrected chi connectivity index (χ3v) is 5.86. The largest absolute Gasteiger partial charge is 0.497 e. The summed E-state index contributed by atoms with van der Waals surface area (Å²) in [6.07, 6.45) is 2.26. The van der Waals surface area contributed by atoms with Crippen molar-refractivity contribution < 1.29 is 18.9 Å². The first-order chi connectivity index (χ1) is 16.7. The summed E-state index contributed by atoms with van der Waals surface area (Å²) >= 11 is 6.43. The average molecular weight is 478 g/mol. The highest BCUT2D eigenvalue weighted by atomic mass is 35.5.